The van der Waals surface area contributed by atoms with E-state index in [0.717, 1.165) is 12.5 Å². The van der Waals surface area contributed by atoms with Gasteiger partial charge in [0.2, 0.25) is 0 Å². The molecular formula is C22H29FO4. The fourth-order valence-electron chi connectivity index (χ4n) is 7.35. The highest BCUT2D eigenvalue weighted by molar-refractivity contribution is 6.00. The molecule has 0 aliphatic heterocycles. The third-order valence-electron chi connectivity index (χ3n) is 8.65. The van der Waals surface area contributed by atoms with Crippen molar-refractivity contribution in [1.29, 1.82) is 0 Å². The van der Waals surface area contributed by atoms with Gasteiger partial charge in [-0.2, -0.15) is 0 Å². The SMILES string of the molecule is C[C@H]1C[C@H]2[C@@H]3CCC4=CC(O)=CC(=O)[C@]4(C)C3(F)CC[C@]2(C)C1C(=O)CO. The maximum atomic E-state index is 16.8. The van der Waals surface area contributed by atoms with Gasteiger partial charge in [0.05, 0.1) is 5.41 Å². The van der Waals surface area contributed by atoms with Gasteiger partial charge in [0, 0.05) is 12.0 Å². The van der Waals surface area contributed by atoms with Gasteiger partial charge in [-0.3, -0.25) is 9.59 Å². The van der Waals surface area contributed by atoms with E-state index in [1.54, 1.807) is 13.0 Å². The molecule has 4 rings (SSSR count). The molecule has 0 aromatic heterocycles. The van der Waals surface area contributed by atoms with E-state index in [9.17, 15) is 19.8 Å². The molecule has 7 atom stereocenters. The van der Waals surface area contributed by atoms with Gasteiger partial charge >= 0.3 is 0 Å². The molecule has 148 valence electrons. The molecule has 3 fully saturated rings. The van der Waals surface area contributed by atoms with Crippen LogP contribution in [-0.4, -0.2) is 34.1 Å². The number of alkyl halides is 1. The minimum Gasteiger partial charge on any atom is -0.508 e. The highest BCUT2D eigenvalue weighted by Crippen LogP contribution is 2.69. The number of aliphatic hydroxyl groups excluding tert-OH is 2. The van der Waals surface area contributed by atoms with Gasteiger partial charge < -0.3 is 10.2 Å². The van der Waals surface area contributed by atoms with Gasteiger partial charge in [0.25, 0.3) is 0 Å². The number of Topliss-reactive ketones (excluding diaryl/α,β-unsaturated/α-hetero) is 1. The number of rotatable bonds is 2. The molecule has 0 spiro atoms. The zero-order valence-electron chi connectivity index (χ0n) is 16.3. The zero-order chi connectivity index (χ0) is 19.8. The maximum absolute atomic E-state index is 16.8. The quantitative estimate of drug-likeness (QED) is 0.771. The van der Waals surface area contributed by atoms with E-state index in [0.29, 0.717) is 24.8 Å². The summed E-state index contributed by atoms with van der Waals surface area (Å²) in [5.41, 5.74) is -2.52. The number of carbonyl (C=O) groups excluding carboxylic acids is 2. The van der Waals surface area contributed by atoms with Crippen LogP contribution in [0.5, 0.6) is 0 Å². The molecule has 0 amide bonds. The Morgan fingerprint density at radius 1 is 1.26 bits per heavy atom. The Kier molecular flexibility index (Phi) is 4.02. The highest BCUT2D eigenvalue weighted by atomic mass is 19.1. The molecular weight excluding hydrogens is 347 g/mol. The summed E-state index contributed by atoms with van der Waals surface area (Å²) in [5, 5.41) is 19.3. The molecule has 5 heteroatoms. The van der Waals surface area contributed by atoms with Gasteiger partial charge in [0.15, 0.2) is 11.6 Å². The predicted octanol–water partition coefficient (Wildman–Crippen LogP) is 3.70. The zero-order valence-corrected chi connectivity index (χ0v) is 16.3. The number of ketones is 2. The number of hydrogen-bond acceptors (Lipinski definition) is 4. The molecule has 0 heterocycles. The first-order chi connectivity index (χ1) is 12.6. The predicted molar refractivity (Wildman–Crippen MR) is 98.7 cm³/mol. The van der Waals surface area contributed by atoms with Crippen LogP contribution >= 0.6 is 0 Å². The van der Waals surface area contributed by atoms with E-state index in [4.69, 9.17) is 0 Å². The number of allylic oxidation sites excluding steroid dienone is 3. The molecule has 4 nitrogen and oxygen atoms in total. The molecule has 2 N–H and O–H groups in total. The summed E-state index contributed by atoms with van der Waals surface area (Å²) in [7, 11) is 0. The van der Waals surface area contributed by atoms with Crippen molar-refractivity contribution in [2.75, 3.05) is 6.61 Å². The number of halogens is 1. The lowest BCUT2D eigenvalue weighted by molar-refractivity contribution is -0.162. The van der Waals surface area contributed by atoms with Crippen LogP contribution in [0.2, 0.25) is 0 Å². The van der Waals surface area contributed by atoms with Crippen LogP contribution in [0.25, 0.3) is 0 Å². The highest BCUT2D eigenvalue weighted by Gasteiger charge is 2.70. The molecule has 4 aliphatic rings. The van der Waals surface area contributed by atoms with Crippen LogP contribution in [0.15, 0.2) is 23.5 Å². The van der Waals surface area contributed by atoms with E-state index in [1.807, 2.05) is 6.92 Å². The van der Waals surface area contributed by atoms with Crippen LogP contribution in [0.4, 0.5) is 4.39 Å². The maximum Gasteiger partial charge on any atom is 0.172 e. The lowest BCUT2D eigenvalue weighted by atomic mass is 9.45. The van der Waals surface area contributed by atoms with Gasteiger partial charge in [-0.05, 0) is 73.8 Å². The Labute approximate surface area is 159 Å². The Hall–Kier alpha value is -1.49. The fourth-order valence-corrected chi connectivity index (χ4v) is 7.35. The summed E-state index contributed by atoms with van der Waals surface area (Å²) in [4.78, 5) is 25.3. The Balaban J connectivity index is 1.77. The molecule has 3 saturated carbocycles. The second-order valence-corrected chi connectivity index (χ2v) is 9.66. The minimum absolute atomic E-state index is 0.0254. The molecule has 4 aliphatic carbocycles. The minimum atomic E-state index is -1.66. The Bertz CT molecular complexity index is 770. The van der Waals surface area contributed by atoms with Gasteiger partial charge in [-0.1, -0.05) is 13.8 Å². The smallest absolute Gasteiger partial charge is 0.172 e. The summed E-state index contributed by atoms with van der Waals surface area (Å²) < 4.78 is 16.8. The normalized spacial score (nSPS) is 48.9. The molecule has 0 radical (unpaired) electrons. The van der Waals surface area contributed by atoms with E-state index in [1.165, 1.54) is 0 Å². The summed E-state index contributed by atoms with van der Waals surface area (Å²) >= 11 is 0. The van der Waals surface area contributed by atoms with Crippen molar-refractivity contribution in [3.8, 4) is 0 Å². The molecule has 0 aromatic rings. The van der Waals surface area contributed by atoms with Crippen LogP contribution < -0.4 is 0 Å². The van der Waals surface area contributed by atoms with E-state index in [2.05, 4.69) is 6.92 Å². The van der Waals surface area contributed by atoms with Crippen molar-refractivity contribution in [3.63, 3.8) is 0 Å². The van der Waals surface area contributed by atoms with Crippen LogP contribution in [0, 0.1) is 34.5 Å². The summed E-state index contributed by atoms with van der Waals surface area (Å²) in [6.07, 6.45) is 5.49. The topological polar surface area (TPSA) is 74.6 Å². The summed E-state index contributed by atoms with van der Waals surface area (Å²) in [6, 6.07) is 0. The van der Waals surface area contributed by atoms with Crippen molar-refractivity contribution >= 4 is 11.6 Å². The third-order valence-corrected chi connectivity index (χ3v) is 8.65. The monoisotopic (exact) mass is 376 g/mol. The average Bonchev–Trinajstić information content (AvgIpc) is 2.87. The van der Waals surface area contributed by atoms with E-state index < -0.39 is 17.7 Å². The van der Waals surface area contributed by atoms with Crippen molar-refractivity contribution in [2.24, 2.45) is 34.5 Å². The lowest BCUT2D eigenvalue weighted by Crippen LogP contribution is -2.63. The fraction of sp³-hybridized carbons (Fsp3) is 0.727. The van der Waals surface area contributed by atoms with Crippen LogP contribution in [0.1, 0.15) is 52.9 Å². The van der Waals surface area contributed by atoms with Gasteiger partial charge in [-0.25, -0.2) is 4.39 Å². The largest absolute Gasteiger partial charge is 0.508 e. The van der Waals surface area contributed by atoms with Crippen molar-refractivity contribution in [1.82, 2.24) is 0 Å². The third kappa shape index (κ3) is 2.18. The Morgan fingerprint density at radius 2 is 1.96 bits per heavy atom. The first-order valence-corrected chi connectivity index (χ1v) is 10.1. The standard InChI is InChI=1S/C22H29FO4/c1-12-8-16-15-5-4-13-9-14(25)10-18(27)21(13,3)22(15,23)7-6-20(16,2)19(12)17(26)11-24/h9-10,12,15-16,19,24-25H,4-8,11H2,1-3H3/t12-,15-,16-,19?,20-,21+,22?/m0/s1. The van der Waals surface area contributed by atoms with Crippen LogP contribution in [-0.2, 0) is 9.59 Å². The second kappa shape index (κ2) is 5.76. The summed E-state index contributed by atoms with van der Waals surface area (Å²) in [5.74, 6) is -0.957. The van der Waals surface area contributed by atoms with Crippen molar-refractivity contribution < 1.29 is 24.2 Å². The average molecular weight is 376 g/mol. The van der Waals surface area contributed by atoms with Gasteiger partial charge in [0.1, 0.15) is 18.0 Å². The second-order valence-electron chi connectivity index (χ2n) is 9.66. The molecule has 0 aromatic carbocycles. The summed E-state index contributed by atoms with van der Waals surface area (Å²) in [6.45, 7) is 5.36. The van der Waals surface area contributed by atoms with Gasteiger partial charge in [-0.15, -0.1) is 0 Å². The van der Waals surface area contributed by atoms with Crippen LogP contribution in [0.3, 0.4) is 0 Å². The van der Waals surface area contributed by atoms with Crippen molar-refractivity contribution in [2.45, 2.75) is 58.5 Å². The van der Waals surface area contributed by atoms with E-state index >= 15 is 4.39 Å². The molecule has 0 bridgehead atoms. The number of fused-ring (bicyclic) bond motifs is 5. The first kappa shape index (κ1) is 18.9. The Morgan fingerprint density at radius 3 is 2.63 bits per heavy atom. The molecule has 27 heavy (non-hydrogen) atoms. The van der Waals surface area contributed by atoms with Crippen molar-refractivity contribution in [3.05, 3.63) is 23.5 Å². The molecule has 2 unspecified atom stereocenters. The number of aliphatic hydroxyl groups is 2. The first-order valence-electron chi connectivity index (χ1n) is 10.1. The lowest BCUT2D eigenvalue weighted by Gasteiger charge is -2.60. The number of carbonyl (C=O) groups is 2. The number of hydrogen-bond donors (Lipinski definition) is 2. The molecule has 0 saturated heterocycles. The van der Waals surface area contributed by atoms with E-state index in [-0.39, 0.29) is 52.8 Å².